The normalized spacial score (nSPS) is 10.2. The molecule has 0 spiro atoms. The van der Waals surface area contributed by atoms with E-state index in [-0.39, 0.29) is 17.1 Å². The number of aromatic amines is 1. The van der Waals surface area contributed by atoms with E-state index in [0.717, 1.165) is 0 Å². The first kappa shape index (κ1) is 9.45. The second-order valence-electron chi connectivity index (χ2n) is 3.13. The number of aromatic nitrogens is 1. The second kappa shape index (κ2) is 3.57. The van der Waals surface area contributed by atoms with E-state index in [0.29, 0.717) is 11.1 Å². The van der Waals surface area contributed by atoms with Gasteiger partial charge in [0.2, 0.25) is 0 Å². The Labute approximate surface area is 85.6 Å². The van der Waals surface area contributed by atoms with Gasteiger partial charge in [0, 0.05) is 18.7 Å². The van der Waals surface area contributed by atoms with Gasteiger partial charge in [-0.05, 0) is 18.2 Å². The highest BCUT2D eigenvalue weighted by Crippen LogP contribution is 2.21. The highest BCUT2D eigenvalue weighted by molar-refractivity contribution is 5.97. The lowest BCUT2D eigenvalue weighted by atomic mass is 10.1. The van der Waals surface area contributed by atoms with Crippen LogP contribution in [0.25, 0.3) is 11.1 Å². The van der Waals surface area contributed by atoms with Crippen LogP contribution in [0.1, 0.15) is 17.5 Å². The molecule has 1 N–H and O–H groups in total. The number of carbonyl (C=O) groups excluding carboxylic acids is 1. The molecule has 0 radical (unpaired) electrons. The molecule has 2 aromatic heterocycles. The number of pyridine rings is 1. The number of H-pyrrole nitrogens is 1. The van der Waals surface area contributed by atoms with Crippen LogP contribution in [-0.4, -0.2) is 10.8 Å². The first-order valence-electron chi connectivity index (χ1n) is 4.46. The van der Waals surface area contributed by atoms with Crippen LogP contribution in [-0.2, 0) is 0 Å². The summed E-state index contributed by atoms with van der Waals surface area (Å²) in [6.45, 7) is 1.40. The van der Waals surface area contributed by atoms with Gasteiger partial charge in [0.15, 0.2) is 11.5 Å². The lowest BCUT2D eigenvalue weighted by Gasteiger charge is -1.97. The van der Waals surface area contributed by atoms with Crippen LogP contribution in [0.2, 0.25) is 0 Å². The summed E-state index contributed by atoms with van der Waals surface area (Å²) in [5, 5.41) is 0. The highest BCUT2D eigenvalue weighted by Gasteiger charge is 2.14. The Kier molecular flexibility index (Phi) is 2.25. The fourth-order valence-electron chi connectivity index (χ4n) is 1.43. The fraction of sp³-hybridized carbons (Fsp3) is 0.0909. The van der Waals surface area contributed by atoms with Crippen molar-refractivity contribution in [1.29, 1.82) is 0 Å². The van der Waals surface area contributed by atoms with Crippen LogP contribution in [0.15, 0.2) is 39.9 Å². The van der Waals surface area contributed by atoms with Crippen molar-refractivity contribution >= 4 is 5.78 Å². The molecule has 0 aliphatic carbocycles. The molecule has 0 unspecified atom stereocenters. The zero-order valence-corrected chi connectivity index (χ0v) is 8.11. The standard InChI is InChI=1S/C11H9NO3/c1-7(13)10-8(4-6-15-10)9-3-2-5-12-11(9)14/h2-6H,1H3,(H,12,14). The van der Waals surface area contributed by atoms with Crippen LogP contribution in [0.4, 0.5) is 0 Å². The molecule has 4 nitrogen and oxygen atoms in total. The predicted octanol–water partition coefficient (Wildman–Crippen LogP) is 1.84. The van der Waals surface area contributed by atoms with Gasteiger partial charge in [-0.25, -0.2) is 0 Å². The van der Waals surface area contributed by atoms with Crippen molar-refractivity contribution in [2.45, 2.75) is 6.92 Å². The summed E-state index contributed by atoms with van der Waals surface area (Å²) >= 11 is 0. The molecule has 2 rings (SSSR count). The lowest BCUT2D eigenvalue weighted by Crippen LogP contribution is -2.08. The number of furan rings is 1. The average Bonchev–Trinajstić information content (AvgIpc) is 2.67. The van der Waals surface area contributed by atoms with Crippen LogP contribution >= 0.6 is 0 Å². The van der Waals surface area contributed by atoms with Crippen molar-refractivity contribution in [3.8, 4) is 11.1 Å². The molecule has 0 bridgehead atoms. The van der Waals surface area contributed by atoms with E-state index in [9.17, 15) is 9.59 Å². The molecule has 0 saturated heterocycles. The molecular formula is C11H9NO3. The predicted molar refractivity (Wildman–Crippen MR) is 54.8 cm³/mol. The van der Waals surface area contributed by atoms with E-state index in [1.54, 1.807) is 24.4 Å². The highest BCUT2D eigenvalue weighted by atomic mass is 16.3. The number of hydrogen-bond donors (Lipinski definition) is 1. The van der Waals surface area contributed by atoms with Gasteiger partial charge < -0.3 is 9.40 Å². The smallest absolute Gasteiger partial charge is 0.255 e. The number of Topliss-reactive ketones (excluding diaryl/α,β-unsaturated/α-hetero) is 1. The van der Waals surface area contributed by atoms with Crippen molar-refractivity contribution in [3.05, 3.63) is 46.8 Å². The monoisotopic (exact) mass is 203 g/mol. The third-order valence-electron chi connectivity index (χ3n) is 2.09. The van der Waals surface area contributed by atoms with Crippen molar-refractivity contribution in [2.24, 2.45) is 0 Å². The van der Waals surface area contributed by atoms with Crippen molar-refractivity contribution in [3.63, 3.8) is 0 Å². The van der Waals surface area contributed by atoms with Crippen LogP contribution in [0.3, 0.4) is 0 Å². The quantitative estimate of drug-likeness (QED) is 0.757. The summed E-state index contributed by atoms with van der Waals surface area (Å²) in [6.07, 6.45) is 2.94. The van der Waals surface area contributed by atoms with Gasteiger partial charge >= 0.3 is 0 Å². The van der Waals surface area contributed by atoms with Gasteiger partial charge in [0.1, 0.15) is 0 Å². The van der Waals surface area contributed by atoms with E-state index in [2.05, 4.69) is 4.98 Å². The van der Waals surface area contributed by atoms with Crippen molar-refractivity contribution in [1.82, 2.24) is 4.98 Å². The molecule has 0 saturated carbocycles. The van der Waals surface area contributed by atoms with Crippen LogP contribution < -0.4 is 5.56 Å². The molecule has 0 aliphatic rings. The van der Waals surface area contributed by atoms with Crippen LogP contribution in [0.5, 0.6) is 0 Å². The Morgan fingerprint density at radius 1 is 1.33 bits per heavy atom. The van der Waals surface area contributed by atoms with Gasteiger partial charge in [-0.3, -0.25) is 9.59 Å². The number of ketones is 1. The van der Waals surface area contributed by atoms with Crippen molar-refractivity contribution in [2.75, 3.05) is 0 Å². The molecule has 76 valence electrons. The Bertz CT molecular complexity index is 551. The SMILES string of the molecule is CC(=O)c1occc1-c1ccc[nH]c1=O. The molecule has 0 fully saturated rings. The van der Waals surface area contributed by atoms with E-state index < -0.39 is 0 Å². The molecule has 2 aromatic rings. The molecule has 15 heavy (non-hydrogen) atoms. The Hall–Kier alpha value is -2.10. The summed E-state index contributed by atoms with van der Waals surface area (Å²) in [5.74, 6) is 0.0185. The second-order valence-corrected chi connectivity index (χ2v) is 3.13. The van der Waals surface area contributed by atoms with Gasteiger partial charge in [-0.2, -0.15) is 0 Å². The number of nitrogens with one attached hydrogen (secondary N) is 1. The molecular weight excluding hydrogens is 194 g/mol. The van der Waals surface area contributed by atoms with E-state index in [1.165, 1.54) is 13.2 Å². The van der Waals surface area contributed by atoms with Gasteiger partial charge in [-0.15, -0.1) is 0 Å². The molecule has 0 aliphatic heterocycles. The first-order chi connectivity index (χ1) is 7.20. The van der Waals surface area contributed by atoms with Gasteiger partial charge in [0.25, 0.3) is 5.56 Å². The zero-order valence-electron chi connectivity index (χ0n) is 8.11. The zero-order chi connectivity index (χ0) is 10.8. The Balaban J connectivity index is 2.65. The van der Waals surface area contributed by atoms with Crippen LogP contribution in [0, 0.1) is 0 Å². The maximum atomic E-state index is 11.5. The summed E-state index contributed by atoms with van der Waals surface area (Å²) in [6, 6.07) is 4.96. The summed E-state index contributed by atoms with van der Waals surface area (Å²) < 4.78 is 5.03. The number of rotatable bonds is 2. The Morgan fingerprint density at radius 3 is 2.80 bits per heavy atom. The van der Waals surface area contributed by atoms with E-state index >= 15 is 0 Å². The largest absolute Gasteiger partial charge is 0.461 e. The topological polar surface area (TPSA) is 63.1 Å². The summed E-state index contributed by atoms with van der Waals surface area (Å²) in [4.78, 5) is 25.2. The third kappa shape index (κ3) is 1.61. The molecule has 0 atom stereocenters. The fourth-order valence-corrected chi connectivity index (χ4v) is 1.43. The number of carbonyl (C=O) groups is 1. The lowest BCUT2D eigenvalue weighted by molar-refractivity contribution is 0.0988. The van der Waals surface area contributed by atoms with E-state index in [4.69, 9.17) is 4.42 Å². The molecule has 4 heteroatoms. The molecule has 2 heterocycles. The minimum Gasteiger partial charge on any atom is -0.461 e. The maximum absolute atomic E-state index is 11.5. The average molecular weight is 203 g/mol. The Morgan fingerprint density at radius 2 is 2.13 bits per heavy atom. The number of hydrogen-bond acceptors (Lipinski definition) is 3. The van der Waals surface area contributed by atoms with Gasteiger partial charge in [-0.1, -0.05) is 0 Å². The van der Waals surface area contributed by atoms with E-state index in [1.807, 2.05) is 0 Å². The van der Waals surface area contributed by atoms with Gasteiger partial charge in [0.05, 0.1) is 11.8 Å². The molecule has 0 aromatic carbocycles. The minimum absolute atomic E-state index is 0.196. The summed E-state index contributed by atoms with van der Waals surface area (Å²) in [5.41, 5.74) is 0.738. The third-order valence-corrected chi connectivity index (χ3v) is 2.09. The maximum Gasteiger partial charge on any atom is 0.255 e. The minimum atomic E-state index is -0.235. The van der Waals surface area contributed by atoms with Crippen molar-refractivity contribution < 1.29 is 9.21 Å². The molecule has 0 amide bonds. The summed E-state index contributed by atoms with van der Waals surface area (Å²) in [7, 11) is 0. The first-order valence-corrected chi connectivity index (χ1v) is 4.46.